The summed E-state index contributed by atoms with van der Waals surface area (Å²) in [5, 5.41) is 6.54. The van der Waals surface area contributed by atoms with E-state index in [-0.39, 0.29) is 12.5 Å². The van der Waals surface area contributed by atoms with Crippen LogP contribution in [-0.2, 0) is 0 Å². The van der Waals surface area contributed by atoms with Crippen molar-refractivity contribution in [2.75, 3.05) is 13.6 Å². The number of rotatable bonds is 3. The molecule has 0 aliphatic rings. The number of amides is 1. The first-order valence-corrected chi connectivity index (χ1v) is 5.37. The molecule has 1 aromatic carbocycles. The van der Waals surface area contributed by atoms with Crippen LogP contribution in [0.2, 0.25) is 0 Å². The molecule has 0 atom stereocenters. The van der Waals surface area contributed by atoms with E-state index in [1.165, 1.54) is 11.2 Å². The van der Waals surface area contributed by atoms with E-state index in [9.17, 15) is 4.79 Å². The first-order valence-electron chi connectivity index (χ1n) is 5.37. The van der Waals surface area contributed by atoms with Crippen molar-refractivity contribution in [1.82, 2.24) is 20.1 Å². The maximum atomic E-state index is 12.0. The zero-order chi connectivity index (χ0) is 13.0. The predicted octanol–water partition coefficient (Wildman–Crippen LogP) is 1.18. The molecule has 1 aromatic heterocycles. The summed E-state index contributed by atoms with van der Waals surface area (Å²) in [4.78, 5) is 17.6. The Morgan fingerprint density at radius 1 is 1.56 bits per heavy atom. The van der Waals surface area contributed by atoms with E-state index in [1.54, 1.807) is 25.2 Å². The molecular weight excluding hydrogens is 228 g/mol. The number of aromatic nitrogens is 3. The number of nitrogens with one attached hydrogen (secondary N) is 1. The molecular formula is C13H12N4O. The molecule has 0 unspecified atom stereocenters. The standard InChI is InChI=1S/C13H12N4O/c1-3-7-17(2)13(18)11-6-4-5-10(8-11)12-14-9-15-16-12/h1,4-6,8-9H,7H2,2H3,(H,14,15,16). The molecule has 18 heavy (non-hydrogen) atoms. The molecule has 2 aromatic rings. The van der Waals surface area contributed by atoms with Gasteiger partial charge in [0.15, 0.2) is 5.82 Å². The van der Waals surface area contributed by atoms with Gasteiger partial charge < -0.3 is 4.90 Å². The molecule has 90 valence electrons. The Balaban J connectivity index is 2.28. The smallest absolute Gasteiger partial charge is 0.254 e. The van der Waals surface area contributed by atoms with Gasteiger partial charge in [0.05, 0.1) is 6.54 Å². The molecule has 0 aliphatic heterocycles. The fourth-order valence-corrected chi connectivity index (χ4v) is 1.57. The second-order valence-electron chi connectivity index (χ2n) is 3.78. The highest BCUT2D eigenvalue weighted by molar-refractivity contribution is 5.95. The number of hydrogen-bond donors (Lipinski definition) is 1. The van der Waals surface area contributed by atoms with Crippen molar-refractivity contribution >= 4 is 5.91 Å². The largest absolute Gasteiger partial charge is 0.331 e. The molecule has 0 spiro atoms. The van der Waals surface area contributed by atoms with Gasteiger partial charge in [-0.25, -0.2) is 4.98 Å². The molecule has 1 amide bonds. The third-order valence-electron chi connectivity index (χ3n) is 2.47. The summed E-state index contributed by atoms with van der Waals surface area (Å²) in [7, 11) is 1.67. The van der Waals surface area contributed by atoms with Gasteiger partial charge in [-0.3, -0.25) is 9.89 Å². The van der Waals surface area contributed by atoms with Crippen LogP contribution in [0.4, 0.5) is 0 Å². The quantitative estimate of drug-likeness (QED) is 0.819. The molecule has 1 N–H and O–H groups in total. The predicted molar refractivity (Wildman–Crippen MR) is 67.6 cm³/mol. The summed E-state index contributed by atoms with van der Waals surface area (Å²) in [6.45, 7) is 0.283. The van der Waals surface area contributed by atoms with Gasteiger partial charge in [0.25, 0.3) is 5.91 Å². The van der Waals surface area contributed by atoms with E-state index in [0.717, 1.165) is 5.56 Å². The number of carbonyl (C=O) groups excluding carboxylic acids is 1. The summed E-state index contributed by atoms with van der Waals surface area (Å²) in [6.07, 6.45) is 6.61. The number of terminal acetylenes is 1. The minimum absolute atomic E-state index is 0.116. The zero-order valence-electron chi connectivity index (χ0n) is 9.92. The first-order chi connectivity index (χ1) is 8.72. The highest BCUT2D eigenvalue weighted by Crippen LogP contribution is 2.16. The van der Waals surface area contributed by atoms with Crippen LogP contribution in [0.25, 0.3) is 11.4 Å². The van der Waals surface area contributed by atoms with Crippen LogP contribution in [0, 0.1) is 12.3 Å². The second-order valence-corrected chi connectivity index (χ2v) is 3.78. The van der Waals surface area contributed by atoms with Crippen molar-refractivity contribution in [3.05, 3.63) is 36.2 Å². The Labute approximate surface area is 105 Å². The van der Waals surface area contributed by atoms with Crippen LogP contribution in [0.5, 0.6) is 0 Å². The van der Waals surface area contributed by atoms with Gasteiger partial charge in [-0.05, 0) is 12.1 Å². The van der Waals surface area contributed by atoms with Crippen LogP contribution in [-0.4, -0.2) is 39.6 Å². The molecule has 0 fully saturated rings. The van der Waals surface area contributed by atoms with Crippen LogP contribution in [0.1, 0.15) is 10.4 Å². The minimum atomic E-state index is -0.116. The van der Waals surface area contributed by atoms with Crippen LogP contribution < -0.4 is 0 Å². The van der Waals surface area contributed by atoms with Gasteiger partial charge in [0.1, 0.15) is 6.33 Å². The average Bonchev–Trinajstić information content (AvgIpc) is 2.92. The van der Waals surface area contributed by atoms with Gasteiger partial charge in [-0.15, -0.1) is 6.42 Å². The SMILES string of the molecule is C#CCN(C)C(=O)c1cccc(-c2ncn[nH]2)c1. The van der Waals surface area contributed by atoms with Crippen molar-refractivity contribution in [3.63, 3.8) is 0 Å². The Morgan fingerprint density at radius 3 is 3.06 bits per heavy atom. The van der Waals surface area contributed by atoms with E-state index < -0.39 is 0 Å². The molecule has 5 heteroatoms. The summed E-state index contributed by atoms with van der Waals surface area (Å²) < 4.78 is 0. The lowest BCUT2D eigenvalue weighted by Gasteiger charge is -2.14. The number of hydrogen-bond acceptors (Lipinski definition) is 3. The van der Waals surface area contributed by atoms with Crippen LogP contribution in [0.15, 0.2) is 30.6 Å². The maximum absolute atomic E-state index is 12.0. The molecule has 0 saturated carbocycles. The highest BCUT2D eigenvalue weighted by Gasteiger charge is 2.11. The first kappa shape index (κ1) is 11.9. The Hall–Kier alpha value is -2.61. The van der Waals surface area contributed by atoms with E-state index in [4.69, 9.17) is 6.42 Å². The molecule has 1 heterocycles. The van der Waals surface area contributed by atoms with Crippen molar-refractivity contribution < 1.29 is 4.79 Å². The second kappa shape index (κ2) is 5.15. The lowest BCUT2D eigenvalue weighted by molar-refractivity contribution is 0.0812. The van der Waals surface area contributed by atoms with Gasteiger partial charge in [-0.2, -0.15) is 5.10 Å². The number of nitrogens with zero attached hydrogens (tertiary/aromatic N) is 3. The van der Waals surface area contributed by atoms with E-state index in [0.29, 0.717) is 11.4 Å². The van der Waals surface area contributed by atoms with Crippen molar-refractivity contribution in [1.29, 1.82) is 0 Å². The molecule has 0 radical (unpaired) electrons. The Kier molecular flexibility index (Phi) is 3.39. The molecule has 0 bridgehead atoms. The van der Waals surface area contributed by atoms with Crippen LogP contribution >= 0.6 is 0 Å². The summed E-state index contributed by atoms with van der Waals surface area (Å²) in [5.74, 6) is 2.95. The van der Waals surface area contributed by atoms with Crippen molar-refractivity contribution in [3.8, 4) is 23.7 Å². The fraction of sp³-hybridized carbons (Fsp3) is 0.154. The normalized spacial score (nSPS) is 9.78. The van der Waals surface area contributed by atoms with Gasteiger partial charge in [0, 0.05) is 18.2 Å². The molecule has 5 nitrogen and oxygen atoms in total. The van der Waals surface area contributed by atoms with Gasteiger partial charge in [-0.1, -0.05) is 18.1 Å². The topological polar surface area (TPSA) is 61.9 Å². The Bertz CT molecular complexity index is 583. The average molecular weight is 240 g/mol. The van der Waals surface area contributed by atoms with Gasteiger partial charge in [0.2, 0.25) is 0 Å². The van der Waals surface area contributed by atoms with E-state index >= 15 is 0 Å². The number of aromatic amines is 1. The highest BCUT2D eigenvalue weighted by atomic mass is 16.2. The zero-order valence-corrected chi connectivity index (χ0v) is 9.92. The molecule has 0 saturated heterocycles. The van der Waals surface area contributed by atoms with Gasteiger partial charge >= 0.3 is 0 Å². The third-order valence-corrected chi connectivity index (χ3v) is 2.47. The van der Waals surface area contributed by atoms with Crippen LogP contribution in [0.3, 0.4) is 0 Å². The number of benzene rings is 1. The monoisotopic (exact) mass is 240 g/mol. The van der Waals surface area contributed by atoms with E-state index in [2.05, 4.69) is 21.1 Å². The summed E-state index contributed by atoms with van der Waals surface area (Å²) in [6, 6.07) is 7.17. The fourth-order valence-electron chi connectivity index (χ4n) is 1.57. The lowest BCUT2D eigenvalue weighted by atomic mass is 10.1. The minimum Gasteiger partial charge on any atom is -0.331 e. The maximum Gasteiger partial charge on any atom is 0.254 e. The molecule has 2 rings (SSSR count). The summed E-state index contributed by atoms with van der Waals surface area (Å²) in [5.41, 5.74) is 1.38. The van der Waals surface area contributed by atoms with Crippen molar-refractivity contribution in [2.45, 2.75) is 0 Å². The Morgan fingerprint density at radius 2 is 2.39 bits per heavy atom. The third kappa shape index (κ3) is 2.38. The number of carbonyl (C=O) groups is 1. The van der Waals surface area contributed by atoms with Crippen molar-refractivity contribution in [2.24, 2.45) is 0 Å². The summed E-state index contributed by atoms with van der Waals surface area (Å²) >= 11 is 0. The van der Waals surface area contributed by atoms with E-state index in [1.807, 2.05) is 6.07 Å². The number of H-pyrrole nitrogens is 1. The lowest BCUT2D eigenvalue weighted by Crippen LogP contribution is -2.26. The molecule has 0 aliphatic carbocycles.